The van der Waals surface area contributed by atoms with Crippen molar-refractivity contribution in [1.29, 1.82) is 0 Å². The van der Waals surface area contributed by atoms with Crippen LogP contribution in [0.25, 0.3) is 0 Å². The monoisotopic (exact) mass is 432 g/mol. The summed E-state index contributed by atoms with van der Waals surface area (Å²) in [6, 6.07) is 18.3. The van der Waals surface area contributed by atoms with Gasteiger partial charge in [-0.05, 0) is 66.2 Å². The Morgan fingerprint density at radius 1 is 1.00 bits per heavy atom. The van der Waals surface area contributed by atoms with Crippen molar-refractivity contribution in [2.45, 2.75) is 6.18 Å². The number of alkyl halides is 3. The van der Waals surface area contributed by atoms with Gasteiger partial charge in [0.05, 0.1) is 5.56 Å². The van der Waals surface area contributed by atoms with Crippen molar-refractivity contribution < 1.29 is 22.7 Å². The van der Waals surface area contributed by atoms with Gasteiger partial charge in [-0.1, -0.05) is 23.7 Å². The van der Waals surface area contributed by atoms with Crippen LogP contribution in [0.3, 0.4) is 0 Å². The van der Waals surface area contributed by atoms with Gasteiger partial charge < -0.3 is 10.1 Å². The average Bonchev–Trinajstić information content (AvgIpc) is 2.71. The van der Waals surface area contributed by atoms with E-state index in [-0.39, 0.29) is 12.1 Å². The number of hydrogen-bond acceptors (Lipinski definition) is 3. The second-order valence-electron chi connectivity index (χ2n) is 6.22. The summed E-state index contributed by atoms with van der Waals surface area (Å²) in [6.45, 7) is -0.223. The molecule has 4 nitrogen and oxygen atoms in total. The Hall–Kier alpha value is -3.32. The van der Waals surface area contributed by atoms with Gasteiger partial charge in [-0.15, -0.1) is 0 Å². The highest BCUT2D eigenvalue weighted by molar-refractivity contribution is 6.30. The molecule has 154 valence electrons. The van der Waals surface area contributed by atoms with E-state index in [9.17, 15) is 18.0 Å². The third-order valence-corrected chi connectivity index (χ3v) is 4.13. The summed E-state index contributed by atoms with van der Waals surface area (Å²) in [6.07, 6.45) is -3.19. The Morgan fingerprint density at radius 3 is 2.27 bits per heavy atom. The normalized spacial score (nSPS) is 11.5. The molecule has 8 heteroatoms. The van der Waals surface area contributed by atoms with Crippen molar-refractivity contribution in [2.75, 3.05) is 11.9 Å². The Morgan fingerprint density at radius 2 is 1.63 bits per heavy atom. The Labute approximate surface area is 176 Å². The van der Waals surface area contributed by atoms with Gasteiger partial charge >= 0.3 is 6.18 Å². The molecule has 0 saturated carbocycles. The smallest absolute Gasteiger partial charge is 0.416 e. The van der Waals surface area contributed by atoms with Gasteiger partial charge in [0.1, 0.15) is 18.0 Å². The SMILES string of the molecule is O=C(C/N=C/c1cccc(C(F)(F)F)c1)Nc1ccc(Oc2ccc(Cl)cc2)cc1. The topological polar surface area (TPSA) is 50.7 Å². The molecule has 3 rings (SSSR count). The zero-order valence-electron chi connectivity index (χ0n) is 15.5. The molecular formula is C22H16ClF3N2O2. The van der Waals surface area contributed by atoms with Crippen LogP contribution < -0.4 is 10.1 Å². The number of halogens is 4. The van der Waals surface area contributed by atoms with E-state index in [1.54, 1.807) is 48.5 Å². The van der Waals surface area contributed by atoms with Crippen LogP contribution >= 0.6 is 11.6 Å². The van der Waals surface area contributed by atoms with Gasteiger partial charge in [-0.2, -0.15) is 13.2 Å². The van der Waals surface area contributed by atoms with Crippen molar-refractivity contribution in [3.8, 4) is 11.5 Å². The van der Waals surface area contributed by atoms with Crippen LogP contribution in [0.5, 0.6) is 11.5 Å². The molecule has 0 heterocycles. The van der Waals surface area contributed by atoms with Gasteiger partial charge in [0.25, 0.3) is 0 Å². The maximum Gasteiger partial charge on any atom is 0.416 e. The first-order valence-corrected chi connectivity index (χ1v) is 9.18. The maximum absolute atomic E-state index is 12.7. The molecule has 0 atom stereocenters. The quantitative estimate of drug-likeness (QED) is 0.471. The standard InChI is InChI=1S/C22H16ClF3N2O2/c23-17-4-8-19(9-5-17)30-20-10-6-18(7-11-20)28-21(29)14-27-13-15-2-1-3-16(12-15)22(24,25)26/h1-13H,14H2,(H,28,29)/b27-13+. The fourth-order valence-corrected chi connectivity index (χ4v) is 2.60. The molecule has 0 aliphatic rings. The summed E-state index contributed by atoms with van der Waals surface area (Å²) in [5, 5.41) is 3.26. The van der Waals surface area contributed by atoms with Crippen molar-refractivity contribution in [3.05, 3.63) is 88.9 Å². The number of benzene rings is 3. The van der Waals surface area contributed by atoms with E-state index in [1.807, 2.05) is 0 Å². The maximum atomic E-state index is 12.7. The molecule has 0 aliphatic carbocycles. The predicted octanol–water partition coefficient (Wildman–Crippen LogP) is 6.21. The number of aliphatic imine (C=N–C) groups is 1. The number of rotatable bonds is 6. The average molecular weight is 433 g/mol. The third-order valence-electron chi connectivity index (χ3n) is 3.88. The molecule has 0 spiro atoms. The summed E-state index contributed by atoms with van der Waals surface area (Å²) >= 11 is 5.83. The van der Waals surface area contributed by atoms with Gasteiger partial charge in [0.2, 0.25) is 5.91 Å². The first-order chi connectivity index (χ1) is 14.3. The van der Waals surface area contributed by atoms with Crippen molar-refractivity contribution in [3.63, 3.8) is 0 Å². The van der Waals surface area contributed by atoms with Gasteiger partial charge in [0.15, 0.2) is 0 Å². The number of anilines is 1. The molecule has 0 fully saturated rings. The summed E-state index contributed by atoms with van der Waals surface area (Å²) < 4.78 is 43.8. The van der Waals surface area contributed by atoms with Gasteiger partial charge in [-0.3, -0.25) is 9.79 Å². The molecule has 0 aromatic heterocycles. The van der Waals surface area contributed by atoms with Crippen LogP contribution in [0.1, 0.15) is 11.1 Å². The van der Waals surface area contributed by atoms with Crippen LogP contribution in [0.15, 0.2) is 77.8 Å². The Balaban J connectivity index is 1.52. The second-order valence-corrected chi connectivity index (χ2v) is 6.66. The zero-order valence-corrected chi connectivity index (χ0v) is 16.2. The fraction of sp³-hybridized carbons (Fsp3) is 0.0909. The number of ether oxygens (including phenoxy) is 1. The molecule has 3 aromatic carbocycles. The van der Waals surface area contributed by atoms with E-state index in [4.69, 9.17) is 16.3 Å². The molecule has 0 saturated heterocycles. The molecule has 30 heavy (non-hydrogen) atoms. The first-order valence-electron chi connectivity index (χ1n) is 8.80. The molecule has 3 aromatic rings. The number of carbonyl (C=O) groups is 1. The van der Waals surface area contributed by atoms with E-state index < -0.39 is 17.6 Å². The lowest BCUT2D eigenvalue weighted by molar-refractivity contribution is -0.137. The lowest BCUT2D eigenvalue weighted by Crippen LogP contribution is -2.14. The molecule has 0 aliphatic heterocycles. The van der Waals surface area contributed by atoms with E-state index in [0.717, 1.165) is 12.1 Å². The second kappa shape index (κ2) is 9.45. The molecule has 0 unspecified atom stereocenters. The zero-order chi connectivity index (χ0) is 21.6. The van der Waals surface area contributed by atoms with E-state index in [1.165, 1.54) is 18.3 Å². The van der Waals surface area contributed by atoms with Gasteiger partial charge in [0, 0.05) is 16.9 Å². The number of amides is 1. The highest BCUT2D eigenvalue weighted by atomic mass is 35.5. The predicted molar refractivity (Wildman–Crippen MR) is 111 cm³/mol. The minimum Gasteiger partial charge on any atom is -0.457 e. The molecule has 0 bridgehead atoms. The van der Waals surface area contributed by atoms with Crippen molar-refractivity contribution >= 4 is 29.4 Å². The first kappa shape index (κ1) is 21.4. The molecule has 0 radical (unpaired) electrons. The van der Waals surface area contributed by atoms with Crippen LogP contribution in [0, 0.1) is 0 Å². The van der Waals surface area contributed by atoms with E-state index in [0.29, 0.717) is 22.2 Å². The Kier molecular flexibility index (Phi) is 6.74. The third kappa shape index (κ3) is 6.35. The number of nitrogens with one attached hydrogen (secondary N) is 1. The minimum absolute atomic E-state index is 0.223. The highest BCUT2D eigenvalue weighted by Crippen LogP contribution is 2.29. The number of nitrogens with zero attached hydrogens (tertiary/aromatic N) is 1. The van der Waals surface area contributed by atoms with Gasteiger partial charge in [-0.25, -0.2) is 0 Å². The minimum atomic E-state index is -4.43. The lowest BCUT2D eigenvalue weighted by Gasteiger charge is -2.08. The fourth-order valence-electron chi connectivity index (χ4n) is 2.47. The summed E-state index contributed by atoms with van der Waals surface area (Å²) in [5.74, 6) is 0.808. The summed E-state index contributed by atoms with van der Waals surface area (Å²) in [5.41, 5.74) is 0.0378. The lowest BCUT2D eigenvalue weighted by atomic mass is 10.1. The van der Waals surface area contributed by atoms with Crippen molar-refractivity contribution in [2.24, 2.45) is 4.99 Å². The largest absolute Gasteiger partial charge is 0.457 e. The van der Waals surface area contributed by atoms with Crippen LogP contribution in [-0.4, -0.2) is 18.7 Å². The van der Waals surface area contributed by atoms with E-state index in [2.05, 4.69) is 10.3 Å². The van der Waals surface area contributed by atoms with Crippen LogP contribution in [0.2, 0.25) is 5.02 Å². The highest BCUT2D eigenvalue weighted by Gasteiger charge is 2.30. The van der Waals surface area contributed by atoms with Crippen molar-refractivity contribution in [1.82, 2.24) is 0 Å². The number of carbonyl (C=O) groups excluding carboxylic acids is 1. The van der Waals surface area contributed by atoms with E-state index >= 15 is 0 Å². The summed E-state index contributed by atoms with van der Waals surface area (Å²) in [4.78, 5) is 15.9. The summed E-state index contributed by atoms with van der Waals surface area (Å²) in [7, 11) is 0. The van der Waals surface area contributed by atoms with Crippen LogP contribution in [-0.2, 0) is 11.0 Å². The Bertz CT molecular complexity index is 1030. The molecule has 1 N–H and O–H groups in total. The van der Waals surface area contributed by atoms with Crippen LogP contribution in [0.4, 0.5) is 18.9 Å². The molecule has 1 amide bonds. The number of hydrogen-bond donors (Lipinski definition) is 1. The molecular weight excluding hydrogens is 417 g/mol.